The van der Waals surface area contributed by atoms with Crippen molar-refractivity contribution in [3.8, 4) is 5.75 Å². The lowest BCUT2D eigenvalue weighted by Gasteiger charge is -2.08. The van der Waals surface area contributed by atoms with E-state index in [-0.39, 0.29) is 0 Å². The van der Waals surface area contributed by atoms with Gasteiger partial charge in [-0.15, -0.1) is 0 Å². The molecule has 2 aromatic rings. The largest absolute Gasteiger partial charge is 0.492 e. The molecule has 0 saturated heterocycles. The van der Waals surface area contributed by atoms with Gasteiger partial charge in [-0.25, -0.2) is 4.98 Å². The van der Waals surface area contributed by atoms with Gasteiger partial charge in [0, 0.05) is 7.05 Å². The van der Waals surface area contributed by atoms with E-state index in [1.807, 2.05) is 37.4 Å². The first-order chi connectivity index (χ1) is 8.88. The molecule has 94 valence electrons. The smallest absolute Gasteiger partial charge is 0.147 e. The predicted molar refractivity (Wildman–Crippen MR) is 72.0 cm³/mol. The fraction of sp³-hybridized carbons (Fsp3) is 0.231. The molecule has 1 heterocycles. The SMILES string of the molecule is CNc1cncc(NCCOc2ccccc2)n1. The molecule has 0 saturated carbocycles. The maximum atomic E-state index is 5.56. The fourth-order valence-corrected chi connectivity index (χ4v) is 1.44. The van der Waals surface area contributed by atoms with E-state index in [9.17, 15) is 0 Å². The molecule has 2 N–H and O–H groups in total. The van der Waals surface area contributed by atoms with E-state index in [0.29, 0.717) is 13.2 Å². The minimum atomic E-state index is 0.579. The Morgan fingerprint density at radius 2 is 1.89 bits per heavy atom. The highest BCUT2D eigenvalue weighted by Crippen LogP contribution is 2.08. The summed E-state index contributed by atoms with van der Waals surface area (Å²) >= 11 is 0. The molecule has 5 nitrogen and oxygen atoms in total. The number of rotatable bonds is 6. The summed E-state index contributed by atoms with van der Waals surface area (Å²) in [6.45, 7) is 1.26. The van der Waals surface area contributed by atoms with E-state index in [0.717, 1.165) is 17.4 Å². The first-order valence-electron chi connectivity index (χ1n) is 5.80. The van der Waals surface area contributed by atoms with Crippen molar-refractivity contribution >= 4 is 11.6 Å². The molecular formula is C13H16N4O. The molecule has 0 aliphatic rings. The molecule has 0 bridgehead atoms. The number of hydrogen-bond acceptors (Lipinski definition) is 5. The van der Waals surface area contributed by atoms with Crippen LogP contribution in [-0.2, 0) is 0 Å². The van der Waals surface area contributed by atoms with Crippen molar-refractivity contribution < 1.29 is 4.74 Å². The van der Waals surface area contributed by atoms with Gasteiger partial charge in [-0.2, -0.15) is 0 Å². The monoisotopic (exact) mass is 244 g/mol. The molecule has 18 heavy (non-hydrogen) atoms. The molecule has 1 aromatic carbocycles. The first kappa shape index (κ1) is 12.2. The third kappa shape index (κ3) is 3.62. The summed E-state index contributed by atoms with van der Waals surface area (Å²) in [5.41, 5.74) is 0. The maximum Gasteiger partial charge on any atom is 0.147 e. The topological polar surface area (TPSA) is 59.1 Å². The van der Waals surface area contributed by atoms with Gasteiger partial charge in [0.15, 0.2) is 0 Å². The highest BCUT2D eigenvalue weighted by molar-refractivity contribution is 5.40. The average molecular weight is 244 g/mol. The van der Waals surface area contributed by atoms with Crippen LogP contribution >= 0.6 is 0 Å². The lowest BCUT2D eigenvalue weighted by Crippen LogP contribution is -2.12. The Morgan fingerprint density at radius 1 is 1.11 bits per heavy atom. The molecule has 0 unspecified atom stereocenters. The Morgan fingerprint density at radius 3 is 2.67 bits per heavy atom. The van der Waals surface area contributed by atoms with Crippen molar-refractivity contribution in [2.75, 3.05) is 30.8 Å². The molecule has 0 aliphatic heterocycles. The van der Waals surface area contributed by atoms with Gasteiger partial charge in [0.25, 0.3) is 0 Å². The standard InChI is InChI=1S/C13H16N4O/c1-14-12-9-15-10-13(17-12)16-7-8-18-11-5-3-2-4-6-11/h2-6,9-10H,7-8H2,1H3,(H2,14,16,17). The van der Waals surface area contributed by atoms with Crippen molar-refractivity contribution in [1.82, 2.24) is 9.97 Å². The van der Waals surface area contributed by atoms with Crippen LogP contribution in [0.4, 0.5) is 11.6 Å². The van der Waals surface area contributed by atoms with Gasteiger partial charge in [-0.05, 0) is 12.1 Å². The van der Waals surface area contributed by atoms with Gasteiger partial charge in [-0.3, -0.25) is 4.98 Å². The summed E-state index contributed by atoms with van der Waals surface area (Å²) in [7, 11) is 1.81. The van der Waals surface area contributed by atoms with Crippen molar-refractivity contribution in [1.29, 1.82) is 0 Å². The molecule has 1 aromatic heterocycles. The van der Waals surface area contributed by atoms with Gasteiger partial charge in [-0.1, -0.05) is 18.2 Å². The number of aromatic nitrogens is 2. The van der Waals surface area contributed by atoms with Crippen LogP contribution in [0.25, 0.3) is 0 Å². The van der Waals surface area contributed by atoms with Crippen molar-refractivity contribution in [2.24, 2.45) is 0 Å². The summed E-state index contributed by atoms with van der Waals surface area (Å²) < 4.78 is 5.56. The van der Waals surface area contributed by atoms with E-state index in [4.69, 9.17) is 4.74 Å². The highest BCUT2D eigenvalue weighted by atomic mass is 16.5. The molecule has 0 spiro atoms. The van der Waals surface area contributed by atoms with Crippen LogP contribution in [0, 0.1) is 0 Å². The summed E-state index contributed by atoms with van der Waals surface area (Å²) in [6, 6.07) is 9.72. The van der Waals surface area contributed by atoms with E-state index in [2.05, 4.69) is 20.6 Å². The van der Waals surface area contributed by atoms with Crippen molar-refractivity contribution in [3.63, 3.8) is 0 Å². The average Bonchev–Trinajstić information content (AvgIpc) is 2.45. The number of hydrogen-bond donors (Lipinski definition) is 2. The minimum absolute atomic E-state index is 0.579. The zero-order valence-electron chi connectivity index (χ0n) is 10.3. The number of para-hydroxylation sites is 1. The number of ether oxygens (including phenoxy) is 1. The Kier molecular flexibility index (Phi) is 4.35. The van der Waals surface area contributed by atoms with Gasteiger partial charge < -0.3 is 15.4 Å². The molecule has 2 rings (SSSR count). The second kappa shape index (κ2) is 6.44. The highest BCUT2D eigenvalue weighted by Gasteiger charge is 1.96. The molecule has 0 amide bonds. The molecular weight excluding hydrogens is 228 g/mol. The summed E-state index contributed by atoms with van der Waals surface area (Å²) in [6.07, 6.45) is 3.36. The summed E-state index contributed by atoms with van der Waals surface area (Å²) in [4.78, 5) is 8.36. The zero-order chi connectivity index (χ0) is 12.6. The molecule has 0 fully saturated rings. The number of nitrogens with zero attached hydrogens (tertiary/aromatic N) is 2. The Labute approximate surface area is 106 Å². The zero-order valence-corrected chi connectivity index (χ0v) is 10.3. The van der Waals surface area contributed by atoms with Crippen molar-refractivity contribution in [3.05, 3.63) is 42.7 Å². The lowest BCUT2D eigenvalue weighted by atomic mass is 10.3. The van der Waals surface area contributed by atoms with E-state index in [1.165, 1.54) is 0 Å². The van der Waals surface area contributed by atoms with Crippen LogP contribution in [0.3, 0.4) is 0 Å². The Balaban J connectivity index is 1.75. The maximum absolute atomic E-state index is 5.56. The van der Waals surface area contributed by atoms with Crippen molar-refractivity contribution in [2.45, 2.75) is 0 Å². The molecule has 5 heteroatoms. The van der Waals surface area contributed by atoms with Crippen LogP contribution in [0.5, 0.6) is 5.75 Å². The molecule has 0 atom stereocenters. The Bertz CT molecular complexity index is 475. The number of nitrogens with one attached hydrogen (secondary N) is 2. The van der Waals surface area contributed by atoms with E-state index in [1.54, 1.807) is 12.4 Å². The second-order valence-corrected chi connectivity index (χ2v) is 3.63. The number of benzene rings is 1. The van der Waals surface area contributed by atoms with Gasteiger partial charge in [0.05, 0.1) is 18.9 Å². The van der Waals surface area contributed by atoms with Crippen LogP contribution in [0.15, 0.2) is 42.7 Å². The summed E-state index contributed by atoms with van der Waals surface area (Å²) in [5, 5.41) is 6.09. The van der Waals surface area contributed by atoms with Crippen LogP contribution < -0.4 is 15.4 Å². The summed E-state index contributed by atoms with van der Waals surface area (Å²) in [5.74, 6) is 2.34. The fourth-order valence-electron chi connectivity index (χ4n) is 1.44. The van der Waals surface area contributed by atoms with Crippen LogP contribution in [0.2, 0.25) is 0 Å². The first-order valence-corrected chi connectivity index (χ1v) is 5.80. The van der Waals surface area contributed by atoms with Crippen LogP contribution in [0.1, 0.15) is 0 Å². The van der Waals surface area contributed by atoms with Gasteiger partial charge in [0.2, 0.25) is 0 Å². The third-order valence-corrected chi connectivity index (χ3v) is 2.31. The van der Waals surface area contributed by atoms with E-state index >= 15 is 0 Å². The lowest BCUT2D eigenvalue weighted by molar-refractivity contribution is 0.333. The molecule has 0 radical (unpaired) electrons. The second-order valence-electron chi connectivity index (χ2n) is 3.63. The van der Waals surface area contributed by atoms with E-state index < -0.39 is 0 Å². The van der Waals surface area contributed by atoms with Gasteiger partial charge >= 0.3 is 0 Å². The van der Waals surface area contributed by atoms with Crippen LogP contribution in [-0.4, -0.2) is 30.2 Å². The number of anilines is 2. The third-order valence-electron chi connectivity index (χ3n) is 2.31. The van der Waals surface area contributed by atoms with Gasteiger partial charge in [0.1, 0.15) is 24.0 Å². The molecule has 0 aliphatic carbocycles. The Hall–Kier alpha value is -2.30. The minimum Gasteiger partial charge on any atom is -0.492 e. The predicted octanol–water partition coefficient (Wildman–Crippen LogP) is 2.01. The quantitative estimate of drug-likeness (QED) is 0.761. The normalized spacial score (nSPS) is 9.83.